The van der Waals surface area contributed by atoms with Gasteiger partial charge in [-0.05, 0) is 49.7 Å². The molecule has 2 unspecified atom stereocenters. The minimum absolute atomic E-state index is 0.0205. The highest BCUT2D eigenvalue weighted by Gasteiger charge is 2.58. The molecule has 2 heterocycles. The molecule has 2 aromatic carbocycles. The molecule has 0 bridgehead atoms. The van der Waals surface area contributed by atoms with E-state index in [4.69, 9.17) is 4.74 Å². The summed E-state index contributed by atoms with van der Waals surface area (Å²) in [6, 6.07) is 14.7. The van der Waals surface area contributed by atoms with Crippen molar-refractivity contribution in [2.75, 3.05) is 33.7 Å². The number of amides is 1. The fraction of sp³-hybridized carbons (Fsp3) is 0.458. The number of quaternary nitrogens is 1. The van der Waals surface area contributed by atoms with Crippen molar-refractivity contribution in [3.05, 3.63) is 71.0 Å². The Labute approximate surface area is 171 Å². The molecular weight excluding hydrogens is 367 g/mol. The van der Waals surface area contributed by atoms with Crippen molar-refractivity contribution < 1.29 is 18.4 Å². The normalized spacial score (nSPS) is 30.2. The monoisotopic (exact) mass is 395 g/mol. The third-order valence-corrected chi connectivity index (χ3v) is 7.37. The van der Waals surface area contributed by atoms with E-state index in [0.29, 0.717) is 6.54 Å². The summed E-state index contributed by atoms with van der Waals surface area (Å²) in [6.45, 7) is 2.70. The molecule has 5 rings (SSSR count). The molecule has 1 saturated heterocycles. The summed E-state index contributed by atoms with van der Waals surface area (Å²) in [7, 11) is 4.09. The van der Waals surface area contributed by atoms with Crippen molar-refractivity contribution in [3.8, 4) is 0 Å². The van der Waals surface area contributed by atoms with Gasteiger partial charge in [-0.25, -0.2) is 8.87 Å². The molecule has 0 aromatic heterocycles. The van der Waals surface area contributed by atoms with Crippen molar-refractivity contribution in [2.24, 2.45) is 5.41 Å². The summed E-state index contributed by atoms with van der Waals surface area (Å²) in [4.78, 5) is 15.8. The molecule has 0 N–H and O–H groups in total. The number of hydrogen-bond donors (Lipinski definition) is 0. The van der Waals surface area contributed by atoms with E-state index in [1.54, 1.807) is 12.1 Å². The van der Waals surface area contributed by atoms with Crippen molar-refractivity contribution in [1.29, 1.82) is 0 Å². The highest BCUT2D eigenvalue weighted by atomic mass is 19.1. The smallest absolute Gasteiger partial charge is 0.416 e. The second kappa shape index (κ2) is 6.64. The molecule has 29 heavy (non-hydrogen) atoms. The number of ether oxygens (including phenoxy) is 1. The average Bonchev–Trinajstić information content (AvgIpc) is 2.69. The summed E-state index contributed by atoms with van der Waals surface area (Å²) < 4.78 is 19.9. The Morgan fingerprint density at radius 1 is 1.17 bits per heavy atom. The van der Waals surface area contributed by atoms with E-state index < -0.39 is 0 Å². The lowest BCUT2D eigenvalue weighted by molar-refractivity contribution is -0.866. The Hall–Kier alpha value is -2.24. The first-order chi connectivity index (χ1) is 13.9. The maximum atomic E-state index is 13.6. The Morgan fingerprint density at radius 3 is 2.55 bits per heavy atom. The van der Waals surface area contributed by atoms with Crippen LogP contribution in [0.4, 0.5) is 9.18 Å². The molecule has 1 spiro atoms. The molecule has 1 saturated carbocycles. The second-order valence-corrected chi connectivity index (χ2v) is 9.34. The van der Waals surface area contributed by atoms with Crippen molar-refractivity contribution >= 4 is 6.09 Å². The van der Waals surface area contributed by atoms with E-state index in [9.17, 15) is 9.18 Å². The predicted molar refractivity (Wildman–Crippen MR) is 109 cm³/mol. The van der Waals surface area contributed by atoms with Gasteiger partial charge in [-0.1, -0.05) is 24.3 Å². The number of carbonyl (C=O) groups is 1. The molecule has 152 valence electrons. The Balaban J connectivity index is 1.48. The maximum absolute atomic E-state index is 13.6. The van der Waals surface area contributed by atoms with Gasteiger partial charge in [-0.3, -0.25) is 0 Å². The van der Waals surface area contributed by atoms with Gasteiger partial charge in [-0.2, -0.15) is 4.79 Å². The van der Waals surface area contributed by atoms with Crippen LogP contribution in [0.5, 0.6) is 0 Å². The number of likely N-dealkylation sites (N-methyl/N-ethyl adjacent to an activating group) is 1. The van der Waals surface area contributed by atoms with Gasteiger partial charge in [0.05, 0.1) is 13.6 Å². The molecule has 3 atom stereocenters. The molecule has 2 aliphatic heterocycles. The standard InChI is InChI=1S/C24H28FN2O2/c1-26-15-24(16-26)13-11-21(24)29-23(28)27(2)14-12-17-5-3-4-6-20(17)22(27)18-7-9-19(25)10-8-18/h3-10,21-22H,11-16H2,1-2H3/q+1/t21-,22?,27?/m0/s1. The highest BCUT2D eigenvalue weighted by Crippen LogP contribution is 2.50. The van der Waals surface area contributed by atoms with Crippen LogP contribution in [0.2, 0.25) is 0 Å². The van der Waals surface area contributed by atoms with E-state index in [1.165, 1.54) is 17.7 Å². The van der Waals surface area contributed by atoms with Crippen LogP contribution in [-0.2, 0) is 11.2 Å². The first-order valence-electron chi connectivity index (χ1n) is 10.5. The molecule has 3 aliphatic rings. The zero-order valence-corrected chi connectivity index (χ0v) is 17.1. The van der Waals surface area contributed by atoms with Gasteiger partial charge in [-0.15, -0.1) is 0 Å². The van der Waals surface area contributed by atoms with Crippen LogP contribution >= 0.6 is 0 Å². The van der Waals surface area contributed by atoms with Gasteiger partial charge in [0.25, 0.3) is 0 Å². The van der Waals surface area contributed by atoms with Crippen LogP contribution in [-0.4, -0.2) is 55.3 Å². The van der Waals surface area contributed by atoms with E-state index in [2.05, 4.69) is 24.1 Å². The third kappa shape index (κ3) is 2.90. The largest absolute Gasteiger partial charge is 0.516 e. The van der Waals surface area contributed by atoms with Crippen LogP contribution in [0.3, 0.4) is 0 Å². The number of rotatable bonds is 2. The molecule has 4 nitrogen and oxygen atoms in total. The molecular formula is C24H28FN2O2+. The van der Waals surface area contributed by atoms with Crippen LogP contribution < -0.4 is 0 Å². The molecule has 1 amide bonds. The quantitative estimate of drug-likeness (QED) is 0.716. The van der Waals surface area contributed by atoms with Gasteiger partial charge < -0.3 is 9.64 Å². The van der Waals surface area contributed by atoms with Gasteiger partial charge in [0.15, 0.2) is 6.04 Å². The number of halogens is 1. The van der Waals surface area contributed by atoms with Crippen molar-refractivity contribution in [1.82, 2.24) is 4.90 Å². The number of likely N-dealkylation sites (tertiary alicyclic amines) is 1. The number of nitrogens with zero attached hydrogens (tertiary/aromatic N) is 2. The van der Waals surface area contributed by atoms with Gasteiger partial charge in [0.1, 0.15) is 11.9 Å². The number of hydrogen-bond acceptors (Lipinski definition) is 3. The Kier molecular flexibility index (Phi) is 4.30. The zero-order valence-electron chi connectivity index (χ0n) is 17.1. The van der Waals surface area contributed by atoms with Gasteiger partial charge in [0, 0.05) is 36.1 Å². The maximum Gasteiger partial charge on any atom is 0.516 e. The number of fused-ring (bicyclic) bond motifs is 1. The molecule has 1 aliphatic carbocycles. The van der Waals surface area contributed by atoms with Crippen LogP contribution in [0.15, 0.2) is 48.5 Å². The number of benzene rings is 2. The van der Waals surface area contributed by atoms with Crippen molar-refractivity contribution in [3.63, 3.8) is 0 Å². The minimum Gasteiger partial charge on any atom is -0.416 e. The molecule has 5 heteroatoms. The molecule has 2 fully saturated rings. The Bertz CT molecular complexity index is 938. The second-order valence-electron chi connectivity index (χ2n) is 9.34. The fourth-order valence-electron chi connectivity index (χ4n) is 5.65. The van der Waals surface area contributed by atoms with E-state index in [0.717, 1.165) is 43.5 Å². The van der Waals surface area contributed by atoms with Crippen LogP contribution in [0.25, 0.3) is 0 Å². The lowest BCUT2D eigenvalue weighted by Gasteiger charge is -2.59. The van der Waals surface area contributed by atoms with Gasteiger partial charge in [0.2, 0.25) is 0 Å². The van der Waals surface area contributed by atoms with E-state index >= 15 is 0 Å². The minimum atomic E-state index is -0.264. The topological polar surface area (TPSA) is 29.5 Å². The first kappa shape index (κ1) is 18.8. The Morgan fingerprint density at radius 2 is 1.90 bits per heavy atom. The lowest BCUT2D eigenvalue weighted by Crippen LogP contribution is -2.67. The SMILES string of the molecule is CN1CC2(CC[C@@H]2OC(=O)[N+]2(C)CCc3ccccc3C2c2ccc(F)cc2)C1. The van der Waals surface area contributed by atoms with Gasteiger partial charge >= 0.3 is 6.09 Å². The van der Waals surface area contributed by atoms with E-state index in [1.807, 2.05) is 19.2 Å². The first-order valence-corrected chi connectivity index (χ1v) is 10.5. The highest BCUT2D eigenvalue weighted by molar-refractivity contribution is 5.62. The summed E-state index contributed by atoms with van der Waals surface area (Å²) in [5.41, 5.74) is 3.51. The summed E-state index contributed by atoms with van der Waals surface area (Å²) >= 11 is 0. The third-order valence-electron chi connectivity index (χ3n) is 7.37. The average molecular weight is 395 g/mol. The zero-order chi connectivity index (χ0) is 20.2. The molecule has 0 radical (unpaired) electrons. The lowest BCUT2D eigenvalue weighted by atomic mass is 9.61. The number of carbonyl (C=O) groups excluding carboxylic acids is 1. The summed E-state index contributed by atoms with van der Waals surface area (Å²) in [5, 5.41) is 0. The van der Waals surface area contributed by atoms with Crippen LogP contribution in [0, 0.1) is 11.2 Å². The predicted octanol–water partition coefficient (Wildman–Crippen LogP) is 4.15. The molecule has 2 aromatic rings. The fourth-order valence-corrected chi connectivity index (χ4v) is 5.65. The van der Waals surface area contributed by atoms with Crippen LogP contribution in [0.1, 0.15) is 35.6 Å². The summed E-state index contributed by atoms with van der Waals surface area (Å²) in [5.74, 6) is -0.264. The van der Waals surface area contributed by atoms with E-state index in [-0.39, 0.29) is 34.0 Å². The van der Waals surface area contributed by atoms with Crippen molar-refractivity contribution in [2.45, 2.75) is 31.4 Å². The summed E-state index contributed by atoms with van der Waals surface area (Å²) in [6.07, 6.45) is 2.79.